The van der Waals surface area contributed by atoms with Gasteiger partial charge >= 0.3 is 0 Å². The molecule has 0 radical (unpaired) electrons. The Kier molecular flexibility index (Phi) is 5.27. The van der Waals surface area contributed by atoms with E-state index in [0.29, 0.717) is 0 Å². The van der Waals surface area contributed by atoms with Crippen LogP contribution < -0.4 is 5.32 Å². The molecule has 0 saturated heterocycles. The second kappa shape index (κ2) is 6.57. The van der Waals surface area contributed by atoms with Gasteiger partial charge in [0.05, 0.1) is 0 Å². The Balaban J connectivity index is 2.50. The molecule has 0 atom stereocenters. The highest BCUT2D eigenvalue weighted by atomic mass is 16.2. The first-order valence-corrected chi connectivity index (χ1v) is 5.20. The molecule has 0 aromatic heterocycles. The number of hydrogen-bond acceptors (Lipinski definition) is 2. The topological polar surface area (TPSA) is 32.3 Å². The third-order valence-electron chi connectivity index (χ3n) is 2.28. The number of aliphatic hydroxyl groups excluding tert-OH is 1. The van der Waals surface area contributed by atoms with Crippen molar-refractivity contribution in [2.75, 3.05) is 20.2 Å². The molecule has 0 aliphatic carbocycles. The van der Waals surface area contributed by atoms with E-state index in [0.717, 1.165) is 25.8 Å². The van der Waals surface area contributed by atoms with Gasteiger partial charge in [0.1, 0.15) is 0 Å². The van der Waals surface area contributed by atoms with Crippen LogP contribution in [0.4, 0.5) is 0 Å². The molecule has 1 rings (SSSR count). The SMILES string of the molecule is CNCCc1cccc(CCCO)c1. The van der Waals surface area contributed by atoms with Crippen LogP contribution in [0, 0.1) is 0 Å². The minimum atomic E-state index is 0.279. The number of hydrogen-bond donors (Lipinski definition) is 2. The molecule has 0 spiro atoms. The van der Waals surface area contributed by atoms with Crippen molar-refractivity contribution < 1.29 is 5.11 Å². The van der Waals surface area contributed by atoms with Gasteiger partial charge in [-0.15, -0.1) is 0 Å². The number of rotatable bonds is 6. The maximum Gasteiger partial charge on any atom is 0.0434 e. The lowest BCUT2D eigenvalue weighted by atomic mass is 10.0. The number of likely N-dealkylation sites (N-methyl/N-ethyl adjacent to an activating group) is 1. The average Bonchev–Trinajstić information content (AvgIpc) is 2.24. The lowest BCUT2D eigenvalue weighted by Crippen LogP contribution is -2.10. The van der Waals surface area contributed by atoms with Crippen molar-refractivity contribution in [3.8, 4) is 0 Å². The summed E-state index contributed by atoms with van der Waals surface area (Å²) in [6, 6.07) is 8.60. The number of nitrogens with one attached hydrogen (secondary N) is 1. The first kappa shape index (κ1) is 11.2. The van der Waals surface area contributed by atoms with Crippen LogP contribution in [-0.4, -0.2) is 25.3 Å². The van der Waals surface area contributed by atoms with Gasteiger partial charge in [-0.25, -0.2) is 0 Å². The number of benzene rings is 1. The largest absolute Gasteiger partial charge is 0.396 e. The van der Waals surface area contributed by atoms with E-state index in [-0.39, 0.29) is 6.61 Å². The smallest absolute Gasteiger partial charge is 0.0434 e. The van der Waals surface area contributed by atoms with E-state index in [1.807, 2.05) is 7.05 Å². The van der Waals surface area contributed by atoms with Crippen molar-refractivity contribution >= 4 is 0 Å². The molecule has 0 amide bonds. The fraction of sp³-hybridized carbons (Fsp3) is 0.500. The fourth-order valence-corrected chi connectivity index (χ4v) is 1.49. The van der Waals surface area contributed by atoms with Crippen LogP contribution in [0.3, 0.4) is 0 Å². The summed E-state index contributed by atoms with van der Waals surface area (Å²) in [5.41, 5.74) is 2.70. The molecule has 1 aromatic rings. The molecule has 0 aliphatic rings. The Hall–Kier alpha value is -0.860. The highest BCUT2D eigenvalue weighted by molar-refractivity contribution is 5.23. The molecule has 0 heterocycles. The molecular weight excluding hydrogens is 174 g/mol. The molecule has 14 heavy (non-hydrogen) atoms. The zero-order chi connectivity index (χ0) is 10.2. The molecule has 2 heteroatoms. The second-order valence-electron chi connectivity index (χ2n) is 3.50. The zero-order valence-electron chi connectivity index (χ0n) is 8.79. The highest BCUT2D eigenvalue weighted by Gasteiger charge is 1.95. The monoisotopic (exact) mass is 193 g/mol. The van der Waals surface area contributed by atoms with Crippen molar-refractivity contribution in [2.24, 2.45) is 0 Å². The summed E-state index contributed by atoms with van der Waals surface area (Å²) in [4.78, 5) is 0. The second-order valence-corrected chi connectivity index (χ2v) is 3.50. The van der Waals surface area contributed by atoms with Gasteiger partial charge in [0, 0.05) is 6.61 Å². The van der Waals surface area contributed by atoms with Crippen LogP contribution in [0.1, 0.15) is 17.5 Å². The minimum Gasteiger partial charge on any atom is -0.396 e. The first-order chi connectivity index (χ1) is 6.86. The number of aliphatic hydroxyl groups is 1. The minimum absolute atomic E-state index is 0.279. The molecule has 1 aromatic carbocycles. The van der Waals surface area contributed by atoms with Gasteiger partial charge < -0.3 is 10.4 Å². The Bertz CT molecular complexity index is 237. The lowest BCUT2D eigenvalue weighted by molar-refractivity contribution is 0.288. The molecule has 2 nitrogen and oxygen atoms in total. The molecule has 0 unspecified atom stereocenters. The quantitative estimate of drug-likeness (QED) is 0.715. The van der Waals surface area contributed by atoms with Crippen LogP contribution in [0.25, 0.3) is 0 Å². The third-order valence-corrected chi connectivity index (χ3v) is 2.28. The Morgan fingerprint density at radius 1 is 1.21 bits per heavy atom. The highest BCUT2D eigenvalue weighted by Crippen LogP contribution is 2.07. The van der Waals surface area contributed by atoms with Crippen LogP contribution >= 0.6 is 0 Å². The molecular formula is C12H19NO. The van der Waals surface area contributed by atoms with Crippen LogP contribution in [-0.2, 0) is 12.8 Å². The fourth-order valence-electron chi connectivity index (χ4n) is 1.49. The summed E-state index contributed by atoms with van der Waals surface area (Å²) in [7, 11) is 1.97. The van der Waals surface area contributed by atoms with Crippen molar-refractivity contribution in [2.45, 2.75) is 19.3 Å². The first-order valence-electron chi connectivity index (χ1n) is 5.20. The predicted octanol–water partition coefficient (Wildman–Crippen LogP) is 1.37. The summed E-state index contributed by atoms with van der Waals surface area (Å²) in [5.74, 6) is 0. The van der Waals surface area contributed by atoms with E-state index in [2.05, 4.69) is 29.6 Å². The van der Waals surface area contributed by atoms with Gasteiger partial charge in [-0.2, -0.15) is 0 Å². The standard InChI is InChI=1S/C12H19NO/c1-13-8-7-12-5-2-4-11(10-12)6-3-9-14/h2,4-5,10,13-14H,3,6-9H2,1H3. The molecule has 0 bridgehead atoms. The Morgan fingerprint density at radius 2 is 1.93 bits per heavy atom. The van der Waals surface area contributed by atoms with E-state index in [9.17, 15) is 0 Å². The van der Waals surface area contributed by atoms with E-state index in [1.54, 1.807) is 0 Å². The molecule has 0 saturated carbocycles. The summed E-state index contributed by atoms with van der Waals surface area (Å²) in [6.07, 6.45) is 2.91. The predicted molar refractivity (Wildman–Crippen MR) is 59.5 cm³/mol. The lowest BCUT2D eigenvalue weighted by Gasteiger charge is -2.04. The van der Waals surface area contributed by atoms with Crippen molar-refractivity contribution in [1.29, 1.82) is 0 Å². The summed E-state index contributed by atoms with van der Waals surface area (Å²) in [5, 5.41) is 11.9. The Labute approximate surface area is 86.0 Å². The van der Waals surface area contributed by atoms with Gasteiger partial charge in [0.2, 0.25) is 0 Å². The van der Waals surface area contributed by atoms with Crippen molar-refractivity contribution in [3.05, 3.63) is 35.4 Å². The summed E-state index contributed by atoms with van der Waals surface area (Å²) in [6.45, 7) is 1.30. The normalized spacial score (nSPS) is 10.4. The van der Waals surface area contributed by atoms with Gasteiger partial charge in [-0.3, -0.25) is 0 Å². The van der Waals surface area contributed by atoms with Crippen LogP contribution in [0.2, 0.25) is 0 Å². The summed E-state index contributed by atoms with van der Waals surface area (Å²) >= 11 is 0. The van der Waals surface area contributed by atoms with Crippen LogP contribution in [0.5, 0.6) is 0 Å². The van der Waals surface area contributed by atoms with E-state index < -0.39 is 0 Å². The molecule has 2 N–H and O–H groups in total. The maximum absolute atomic E-state index is 8.73. The molecule has 0 aliphatic heterocycles. The van der Waals surface area contributed by atoms with Crippen LogP contribution in [0.15, 0.2) is 24.3 Å². The number of aryl methyl sites for hydroxylation is 1. The average molecular weight is 193 g/mol. The third kappa shape index (κ3) is 3.90. The van der Waals surface area contributed by atoms with Crippen molar-refractivity contribution in [3.63, 3.8) is 0 Å². The van der Waals surface area contributed by atoms with Crippen molar-refractivity contribution in [1.82, 2.24) is 5.32 Å². The van der Waals surface area contributed by atoms with E-state index >= 15 is 0 Å². The van der Waals surface area contributed by atoms with Gasteiger partial charge in [-0.05, 0) is 44.0 Å². The van der Waals surface area contributed by atoms with Gasteiger partial charge in [0.25, 0.3) is 0 Å². The molecule has 78 valence electrons. The Morgan fingerprint density at radius 3 is 2.57 bits per heavy atom. The van der Waals surface area contributed by atoms with E-state index in [1.165, 1.54) is 11.1 Å². The van der Waals surface area contributed by atoms with Gasteiger partial charge in [-0.1, -0.05) is 24.3 Å². The summed E-state index contributed by atoms with van der Waals surface area (Å²) < 4.78 is 0. The maximum atomic E-state index is 8.73. The van der Waals surface area contributed by atoms with Gasteiger partial charge in [0.15, 0.2) is 0 Å². The molecule has 0 fully saturated rings. The van der Waals surface area contributed by atoms with E-state index in [4.69, 9.17) is 5.11 Å². The zero-order valence-corrected chi connectivity index (χ0v) is 8.79.